The van der Waals surface area contributed by atoms with Gasteiger partial charge in [-0.3, -0.25) is 4.79 Å². The number of amides is 1. The molecule has 0 saturated carbocycles. The summed E-state index contributed by atoms with van der Waals surface area (Å²) < 4.78 is 5.86. The highest BCUT2D eigenvalue weighted by Gasteiger charge is 2.05. The summed E-state index contributed by atoms with van der Waals surface area (Å²) in [6, 6.07) is 5.95. The molecule has 0 aliphatic carbocycles. The second-order valence-electron chi connectivity index (χ2n) is 3.59. The Bertz CT molecular complexity index is 366. The van der Waals surface area contributed by atoms with Crippen molar-refractivity contribution in [2.45, 2.75) is 13.3 Å². The summed E-state index contributed by atoms with van der Waals surface area (Å²) in [7, 11) is 1.62. The summed E-state index contributed by atoms with van der Waals surface area (Å²) in [6.07, 6.45) is 0.412. The van der Waals surface area contributed by atoms with Gasteiger partial charge in [0, 0.05) is 18.1 Å². The summed E-state index contributed by atoms with van der Waals surface area (Å²) in [6.45, 7) is 3.11. The van der Waals surface area contributed by atoms with Crippen molar-refractivity contribution in [2.24, 2.45) is 0 Å². The van der Waals surface area contributed by atoms with Crippen molar-refractivity contribution in [3.05, 3.63) is 33.8 Å². The zero-order chi connectivity index (χ0) is 12.0. The van der Waals surface area contributed by atoms with E-state index < -0.39 is 0 Å². The van der Waals surface area contributed by atoms with Gasteiger partial charge < -0.3 is 10.1 Å². The fraction of sp³-hybridized carbons (Fsp3) is 0.417. The van der Waals surface area contributed by atoms with Crippen LogP contribution in [0.5, 0.6) is 0 Å². The number of hydrogen-bond donors (Lipinski definition) is 1. The molecule has 0 aromatic heterocycles. The molecule has 0 spiro atoms. The molecule has 0 atom stereocenters. The Kier molecular flexibility index (Phi) is 5.49. The molecule has 1 aromatic rings. The predicted molar refractivity (Wildman–Crippen MR) is 67.5 cm³/mol. The summed E-state index contributed by atoms with van der Waals surface area (Å²) >= 11 is 3.40. The maximum absolute atomic E-state index is 11.6. The molecule has 16 heavy (non-hydrogen) atoms. The highest BCUT2D eigenvalue weighted by Crippen LogP contribution is 2.16. The molecule has 0 aliphatic rings. The number of aryl methyl sites for hydroxylation is 1. The van der Waals surface area contributed by atoms with Gasteiger partial charge in [-0.15, -0.1) is 0 Å². The number of methoxy groups -OCH3 is 1. The molecule has 0 heterocycles. The van der Waals surface area contributed by atoms with Gasteiger partial charge in [-0.05, 0) is 30.2 Å². The zero-order valence-corrected chi connectivity index (χ0v) is 11.1. The van der Waals surface area contributed by atoms with Gasteiger partial charge in [0.2, 0.25) is 5.91 Å². The normalized spacial score (nSPS) is 10.2. The molecule has 1 aromatic carbocycles. The molecule has 3 nitrogen and oxygen atoms in total. The molecule has 1 N–H and O–H groups in total. The molecule has 4 heteroatoms. The Labute approximate surface area is 104 Å². The third-order valence-corrected chi connectivity index (χ3v) is 2.78. The lowest BCUT2D eigenvalue weighted by molar-refractivity contribution is -0.120. The molecule has 0 unspecified atom stereocenters. The molecule has 0 fully saturated rings. The first kappa shape index (κ1) is 13.2. The van der Waals surface area contributed by atoms with Crippen LogP contribution in [0.3, 0.4) is 0 Å². The van der Waals surface area contributed by atoms with Crippen molar-refractivity contribution >= 4 is 21.8 Å². The van der Waals surface area contributed by atoms with Crippen LogP contribution in [0, 0.1) is 6.92 Å². The van der Waals surface area contributed by atoms with Crippen molar-refractivity contribution < 1.29 is 9.53 Å². The minimum atomic E-state index is 0.0262. The topological polar surface area (TPSA) is 38.3 Å². The SMILES string of the molecule is COCCNC(=O)Cc1cc(Br)ccc1C. The first-order valence-electron chi connectivity index (χ1n) is 5.14. The highest BCUT2D eigenvalue weighted by molar-refractivity contribution is 9.10. The van der Waals surface area contributed by atoms with E-state index in [4.69, 9.17) is 4.74 Å². The molecule has 1 amide bonds. The number of carbonyl (C=O) groups excluding carboxylic acids is 1. The first-order chi connectivity index (χ1) is 7.63. The van der Waals surface area contributed by atoms with Crippen molar-refractivity contribution in [2.75, 3.05) is 20.3 Å². The van der Waals surface area contributed by atoms with Crippen LogP contribution >= 0.6 is 15.9 Å². The van der Waals surface area contributed by atoms with Crippen LogP contribution in [-0.2, 0) is 16.0 Å². The van der Waals surface area contributed by atoms with Crippen LogP contribution in [-0.4, -0.2) is 26.2 Å². The van der Waals surface area contributed by atoms with Crippen LogP contribution in [0.2, 0.25) is 0 Å². The molecular weight excluding hydrogens is 270 g/mol. The van der Waals surface area contributed by atoms with Gasteiger partial charge in [-0.2, -0.15) is 0 Å². The maximum atomic E-state index is 11.6. The molecule has 0 saturated heterocycles. The summed E-state index contributed by atoms with van der Waals surface area (Å²) in [5.41, 5.74) is 2.18. The fourth-order valence-corrected chi connectivity index (χ4v) is 1.77. The van der Waals surface area contributed by atoms with Gasteiger partial charge in [-0.25, -0.2) is 0 Å². The van der Waals surface area contributed by atoms with Crippen molar-refractivity contribution in [1.29, 1.82) is 0 Å². The third kappa shape index (κ3) is 4.33. The van der Waals surface area contributed by atoms with E-state index in [0.717, 1.165) is 15.6 Å². The van der Waals surface area contributed by atoms with E-state index in [1.807, 2.05) is 25.1 Å². The lowest BCUT2D eigenvalue weighted by Gasteiger charge is -2.07. The van der Waals surface area contributed by atoms with E-state index >= 15 is 0 Å². The van der Waals surface area contributed by atoms with E-state index in [2.05, 4.69) is 21.2 Å². The molecule has 0 bridgehead atoms. The van der Waals surface area contributed by atoms with Gasteiger partial charge >= 0.3 is 0 Å². The van der Waals surface area contributed by atoms with Crippen LogP contribution in [0.1, 0.15) is 11.1 Å². The number of benzene rings is 1. The van der Waals surface area contributed by atoms with Crippen LogP contribution < -0.4 is 5.32 Å². The largest absolute Gasteiger partial charge is 0.383 e. The van der Waals surface area contributed by atoms with E-state index in [-0.39, 0.29) is 5.91 Å². The number of carbonyl (C=O) groups is 1. The van der Waals surface area contributed by atoms with Crippen molar-refractivity contribution in [1.82, 2.24) is 5.32 Å². The Hall–Kier alpha value is -0.870. The smallest absolute Gasteiger partial charge is 0.224 e. The van der Waals surface area contributed by atoms with Gasteiger partial charge in [0.25, 0.3) is 0 Å². The van der Waals surface area contributed by atoms with Gasteiger partial charge in [0.05, 0.1) is 13.0 Å². The quantitative estimate of drug-likeness (QED) is 0.841. The average molecular weight is 286 g/mol. The van der Waals surface area contributed by atoms with Gasteiger partial charge in [0.1, 0.15) is 0 Å². The van der Waals surface area contributed by atoms with Crippen LogP contribution in [0.15, 0.2) is 22.7 Å². The summed E-state index contributed by atoms with van der Waals surface area (Å²) in [5.74, 6) is 0.0262. The lowest BCUT2D eigenvalue weighted by atomic mass is 10.1. The average Bonchev–Trinajstić information content (AvgIpc) is 2.24. The first-order valence-corrected chi connectivity index (χ1v) is 5.93. The van der Waals surface area contributed by atoms with Crippen molar-refractivity contribution in [3.63, 3.8) is 0 Å². The Morgan fingerprint density at radius 2 is 2.25 bits per heavy atom. The number of nitrogens with one attached hydrogen (secondary N) is 1. The second kappa shape index (κ2) is 6.66. The second-order valence-corrected chi connectivity index (χ2v) is 4.51. The molecule has 1 rings (SSSR count). The molecular formula is C12H16BrNO2. The minimum absolute atomic E-state index is 0.0262. The molecule has 88 valence electrons. The predicted octanol–water partition coefficient (Wildman–Crippen LogP) is 2.06. The number of rotatable bonds is 5. The lowest BCUT2D eigenvalue weighted by Crippen LogP contribution is -2.28. The Morgan fingerprint density at radius 1 is 1.50 bits per heavy atom. The van der Waals surface area contributed by atoms with E-state index in [9.17, 15) is 4.79 Å². The Balaban J connectivity index is 2.52. The van der Waals surface area contributed by atoms with Crippen LogP contribution in [0.25, 0.3) is 0 Å². The summed E-state index contributed by atoms with van der Waals surface area (Å²) in [5, 5.41) is 2.80. The molecule has 0 aliphatic heterocycles. The standard InChI is InChI=1S/C12H16BrNO2/c1-9-3-4-11(13)7-10(9)8-12(15)14-5-6-16-2/h3-4,7H,5-6,8H2,1-2H3,(H,14,15). The third-order valence-electron chi connectivity index (χ3n) is 2.29. The number of hydrogen-bond acceptors (Lipinski definition) is 2. The maximum Gasteiger partial charge on any atom is 0.224 e. The van der Waals surface area contributed by atoms with Crippen molar-refractivity contribution in [3.8, 4) is 0 Å². The summed E-state index contributed by atoms with van der Waals surface area (Å²) in [4.78, 5) is 11.6. The fourth-order valence-electron chi connectivity index (χ4n) is 1.36. The molecule has 0 radical (unpaired) electrons. The van der Waals surface area contributed by atoms with Crippen LogP contribution in [0.4, 0.5) is 0 Å². The van der Waals surface area contributed by atoms with Gasteiger partial charge in [0.15, 0.2) is 0 Å². The minimum Gasteiger partial charge on any atom is -0.383 e. The number of halogens is 1. The van der Waals surface area contributed by atoms with E-state index in [1.54, 1.807) is 7.11 Å². The van der Waals surface area contributed by atoms with E-state index in [0.29, 0.717) is 19.6 Å². The Morgan fingerprint density at radius 3 is 2.94 bits per heavy atom. The highest BCUT2D eigenvalue weighted by atomic mass is 79.9. The monoisotopic (exact) mass is 285 g/mol. The number of ether oxygens (including phenoxy) is 1. The zero-order valence-electron chi connectivity index (χ0n) is 9.55. The van der Waals surface area contributed by atoms with E-state index in [1.165, 1.54) is 0 Å². The van der Waals surface area contributed by atoms with Gasteiger partial charge in [-0.1, -0.05) is 22.0 Å².